The molecule has 1 aromatic heterocycles. The molecule has 5 nitrogen and oxygen atoms in total. The van der Waals surface area contributed by atoms with Gasteiger partial charge in [-0.15, -0.1) is 11.3 Å². The monoisotopic (exact) mass is 283 g/mol. The van der Waals surface area contributed by atoms with Gasteiger partial charge in [-0.25, -0.2) is 4.98 Å². The summed E-state index contributed by atoms with van der Waals surface area (Å²) >= 11 is 3.10. The minimum absolute atomic E-state index is 0.0476. The highest BCUT2D eigenvalue weighted by Crippen LogP contribution is 2.36. The van der Waals surface area contributed by atoms with Crippen LogP contribution in [0.15, 0.2) is 21.6 Å². The average molecular weight is 283 g/mol. The molecule has 0 bridgehead atoms. The second-order valence-corrected chi connectivity index (χ2v) is 5.69. The molecule has 0 spiro atoms. The minimum atomic E-state index is -0.309. The first-order valence-corrected chi connectivity index (χ1v) is 7.59. The van der Waals surface area contributed by atoms with Crippen LogP contribution in [0.3, 0.4) is 0 Å². The molecule has 1 aromatic rings. The number of nitrogens with one attached hydrogen (secondary N) is 1. The molecule has 1 amide bonds. The van der Waals surface area contributed by atoms with Crippen molar-refractivity contribution < 1.29 is 9.53 Å². The summed E-state index contributed by atoms with van der Waals surface area (Å²) in [5, 5.41) is 4.98. The molecule has 18 heavy (non-hydrogen) atoms. The Bertz CT molecular complexity index is 486. The van der Waals surface area contributed by atoms with Gasteiger partial charge in [-0.3, -0.25) is 9.69 Å². The number of thiazole rings is 1. The Morgan fingerprint density at radius 1 is 1.61 bits per heavy atom. The third-order valence-corrected chi connectivity index (χ3v) is 4.63. The van der Waals surface area contributed by atoms with E-state index >= 15 is 0 Å². The minimum Gasteiger partial charge on any atom is -0.486 e. The van der Waals surface area contributed by atoms with E-state index in [4.69, 9.17) is 4.74 Å². The Morgan fingerprint density at radius 2 is 2.50 bits per heavy atom. The van der Waals surface area contributed by atoms with Gasteiger partial charge in [0.25, 0.3) is 5.91 Å². The summed E-state index contributed by atoms with van der Waals surface area (Å²) in [4.78, 5) is 19.5. The van der Waals surface area contributed by atoms with Gasteiger partial charge in [0.15, 0.2) is 0 Å². The molecule has 3 rings (SSSR count). The highest BCUT2D eigenvalue weighted by atomic mass is 32.2. The molecule has 0 saturated heterocycles. The Balaban J connectivity index is 1.93. The quantitative estimate of drug-likeness (QED) is 0.889. The predicted molar refractivity (Wildman–Crippen MR) is 72.5 cm³/mol. The fourth-order valence-electron chi connectivity index (χ4n) is 2.17. The molecule has 0 aromatic carbocycles. The lowest BCUT2D eigenvalue weighted by atomic mass is 10.2. The molecule has 0 saturated carbocycles. The molecule has 0 aliphatic carbocycles. The Morgan fingerprint density at radius 3 is 3.22 bits per heavy atom. The van der Waals surface area contributed by atoms with Crippen LogP contribution in [0.2, 0.25) is 0 Å². The fourth-order valence-corrected chi connectivity index (χ4v) is 3.74. The molecule has 1 N–H and O–H groups in total. The second kappa shape index (κ2) is 4.91. The first kappa shape index (κ1) is 12.0. The number of hydrogen-bond acceptors (Lipinski definition) is 6. The summed E-state index contributed by atoms with van der Waals surface area (Å²) in [5.74, 6) is 2.35. The van der Waals surface area contributed by atoms with Gasteiger partial charge in [0.05, 0.1) is 10.4 Å². The van der Waals surface area contributed by atoms with Crippen molar-refractivity contribution in [3.05, 3.63) is 21.6 Å². The van der Waals surface area contributed by atoms with Crippen LogP contribution >= 0.6 is 23.1 Å². The van der Waals surface area contributed by atoms with Gasteiger partial charge in [0, 0.05) is 18.3 Å². The Labute approximate surface area is 113 Å². The van der Waals surface area contributed by atoms with Gasteiger partial charge < -0.3 is 10.1 Å². The van der Waals surface area contributed by atoms with Crippen LogP contribution in [0.25, 0.3) is 0 Å². The maximum atomic E-state index is 12.5. The largest absolute Gasteiger partial charge is 0.486 e. The molecule has 2 aliphatic rings. The van der Waals surface area contributed by atoms with E-state index in [1.807, 2.05) is 5.38 Å². The first-order valence-electron chi connectivity index (χ1n) is 5.66. The molecule has 1 unspecified atom stereocenters. The molecule has 1 atom stereocenters. The van der Waals surface area contributed by atoms with Crippen molar-refractivity contribution in [2.24, 2.45) is 0 Å². The maximum Gasteiger partial charge on any atom is 0.250 e. The van der Waals surface area contributed by atoms with Gasteiger partial charge in [-0.1, -0.05) is 11.8 Å². The van der Waals surface area contributed by atoms with Gasteiger partial charge >= 0.3 is 0 Å². The standard InChI is InChI=1S/C11H13N3O2S2/c1-12-9-10-7(16-6-18-10)2-3-14(11(9)15)8-4-17-5-13-8/h4-5,9,12H,2-3,6H2,1H3. The number of rotatable bonds is 2. The summed E-state index contributed by atoms with van der Waals surface area (Å²) in [5.41, 5.74) is 1.74. The molecule has 0 fully saturated rings. The van der Waals surface area contributed by atoms with Crippen molar-refractivity contribution in [2.75, 3.05) is 24.4 Å². The smallest absolute Gasteiger partial charge is 0.250 e. The first-order chi connectivity index (χ1) is 8.81. The van der Waals surface area contributed by atoms with Crippen LogP contribution in [-0.2, 0) is 9.53 Å². The summed E-state index contributed by atoms with van der Waals surface area (Å²) in [6.07, 6.45) is 0.754. The lowest BCUT2D eigenvalue weighted by molar-refractivity contribution is -0.119. The number of carbonyl (C=O) groups excluding carboxylic acids is 1. The van der Waals surface area contributed by atoms with E-state index in [2.05, 4.69) is 10.3 Å². The average Bonchev–Trinajstić information content (AvgIpc) is 3.01. The van der Waals surface area contributed by atoms with Crippen LogP contribution < -0.4 is 10.2 Å². The zero-order valence-corrected chi connectivity index (χ0v) is 11.5. The van der Waals surface area contributed by atoms with E-state index in [9.17, 15) is 4.79 Å². The van der Waals surface area contributed by atoms with Crippen molar-refractivity contribution in [3.8, 4) is 0 Å². The molecule has 2 aliphatic heterocycles. The zero-order valence-electron chi connectivity index (χ0n) is 9.88. The van der Waals surface area contributed by atoms with Crippen LogP contribution in [0, 0.1) is 0 Å². The predicted octanol–water partition coefficient (Wildman–Crippen LogP) is 1.40. The Kier molecular flexibility index (Phi) is 3.27. The highest BCUT2D eigenvalue weighted by Gasteiger charge is 2.36. The summed E-state index contributed by atoms with van der Waals surface area (Å²) in [6.45, 7) is 0.625. The van der Waals surface area contributed by atoms with Crippen molar-refractivity contribution in [2.45, 2.75) is 12.5 Å². The SMILES string of the molecule is CNC1C(=O)N(c2cscn2)CCC2=C1SCO2. The normalized spacial score (nSPS) is 23.9. The van der Waals surface area contributed by atoms with Crippen LogP contribution in [0.5, 0.6) is 0 Å². The lowest BCUT2D eigenvalue weighted by Gasteiger charge is -2.23. The number of nitrogens with zero attached hydrogens (tertiary/aromatic N) is 2. The molecular formula is C11H13N3O2S2. The molecule has 96 valence electrons. The summed E-state index contributed by atoms with van der Waals surface area (Å²) in [6, 6.07) is -0.309. The zero-order chi connectivity index (χ0) is 12.5. The van der Waals surface area contributed by atoms with Gasteiger partial charge in [0.2, 0.25) is 0 Å². The summed E-state index contributed by atoms with van der Waals surface area (Å²) < 4.78 is 5.59. The number of amides is 1. The van der Waals surface area contributed by atoms with Crippen LogP contribution in [-0.4, -0.2) is 36.5 Å². The third-order valence-electron chi connectivity index (χ3n) is 3.04. The van der Waals surface area contributed by atoms with Crippen LogP contribution in [0.4, 0.5) is 5.82 Å². The molecule has 3 heterocycles. The topological polar surface area (TPSA) is 54.5 Å². The van der Waals surface area contributed by atoms with E-state index in [0.717, 1.165) is 22.9 Å². The van der Waals surface area contributed by atoms with Crippen molar-refractivity contribution >= 4 is 34.8 Å². The Hall–Kier alpha value is -1.05. The third kappa shape index (κ3) is 1.92. The lowest BCUT2D eigenvalue weighted by Crippen LogP contribution is -2.45. The van der Waals surface area contributed by atoms with Gasteiger partial charge in [0.1, 0.15) is 23.6 Å². The van der Waals surface area contributed by atoms with E-state index in [0.29, 0.717) is 12.5 Å². The van der Waals surface area contributed by atoms with Gasteiger partial charge in [-0.05, 0) is 7.05 Å². The van der Waals surface area contributed by atoms with Crippen molar-refractivity contribution in [3.63, 3.8) is 0 Å². The second-order valence-electron chi connectivity index (χ2n) is 4.00. The maximum absolute atomic E-state index is 12.5. The number of thioether (sulfide) groups is 1. The van der Waals surface area contributed by atoms with E-state index in [1.54, 1.807) is 29.2 Å². The van der Waals surface area contributed by atoms with E-state index < -0.39 is 0 Å². The number of likely N-dealkylation sites (N-methyl/N-ethyl adjacent to an activating group) is 1. The number of ether oxygens (including phenoxy) is 1. The highest BCUT2D eigenvalue weighted by molar-refractivity contribution is 8.03. The van der Waals surface area contributed by atoms with Gasteiger partial charge in [-0.2, -0.15) is 0 Å². The van der Waals surface area contributed by atoms with Crippen molar-refractivity contribution in [1.82, 2.24) is 10.3 Å². The molecular weight excluding hydrogens is 270 g/mol. The van der Waals surface area contributed by atoms with E-state index in [-0.39, 0.29) is 11.9 Å². The van der Waals surface area contributed by atoms with Crippen LogP contribution in [0.1, 0.15) is 6.42 Å². The number of anilines is 1. The van der Waals surface area contributed by atoms with Crippen molar-refractivity contribution in [1.29, 1.82) is 0 Å². The van der Waals surface area contributed by atoms with E-state index in [1.165, 1.54) is 11.3 Å². The number of carbonyl (C=O) groups is 1. The fraction of sp³-hybridized carbons (Fsp3) is 0.455. The summed E-state index contributed by atoms with van der Waals surface area (Å²) in [7, 11) is 1.80. The number of aromatic nitrogens is 1. The molecule has 7 heteroatoms. The molecule has 0 radical (unpaired) electrons. The number of hydrogen-bond donors (Lipinski definition) is 1.